The van der Waals surface area contributed by atoms with Crippen LogP contribution in [0.2, 0.25) is 0 Å². The van der Waals surface area contributed by atoms with Crippen LogP contribution in [0.25, 0.3) is 0 Å². The third-order valence-corrected chi connectivity index (χ3v) is 2.10. The number of aromatic nitrogens is 2. The molecular weight excluding hydrogens is 194 g/mol. The fraction of sp³-hybridized carbons (Fsp3) is 0.700. The Hall–Kier alpha value is -0.910. The minimum atomic E-state index is -0.454. The molecule has 0 radical (unpaired) electrons. The number of hydrogen-bond acceptors (Lipinski definition) is 4. The van der Waals surface area contributed by atoms with Crippen LogP contribution in [0.3, 0.4) is 0 Å². The normalized spacial score (nSPS) is 13.0. The number of imidazole rings is 1. The highest BCUT2D eigenvalue weighted by Gasteiger charge is 2.04. The van der Waals surface area contributed by atoms with Crippen LogP contribution in [0, 0.1) is 0 Å². The zero-order chi connectivity index (χ0) is 11.1. The van der Waals surface area contributed by atoms with Gasteiger partial charge in [-0.1, -0.05) is 0 Å². The van der Waals surface area contributed by atoms with Gasteiger partial charge in [-0.15, -0.1) is 0 Å². The Balaban J connectivity index is 2.13. The summed E-state index contributed by atoms with van der Waals surface area (Å²) in [5, 5.41) is 12.6. The summed E-state index contributed by atoms with van der Waals surface area (Å²) >= 11 is 0. The quantitative estimate of drug-likeness (QED) is 0.664. The first-order chi connectivity index (χ1) is 7.24. The molecule has 0 amide bonds. The molecule has 1 aromatic heterocycles. The van der Waals surface area contributed by atoms with E-state index in [4.69, 9.17) is 4.74 Å². The molecule has 5 nitrogen and oxygen atoms in total. The summed E-state index contributed by atoms with van der Waals surface area (Å²) in [7, 11) is 1.95. The first-order valence-electron chi connectivity index (χ1n) is 5.16. The number of rotatable bonds is 7. The monoisotopic (exact) mass is 213 g/mol. The second-order valence-electron chi connectivity index (χ2n) is 3.40. The number of hydrogen-bond donors (Lipinski definition) is 2. The van der Waals surface area contributed by atoms with Gasteiger partial charge in [-0.05, 0) is 6.92 Å². The molecule has 0 aliphatic rings. The molecule has 86 valence electrons. The van der Waals surface area contributed by atoms with Gasteiger partial charge < -0.3 is 19.7 Å². The summed E-state index contributed by atoms with van der Waals surface area (Å²) in [5.74, 6) is 0.957. The van der Waals surface area contributed by atoms with Crippen LogP contribution in [0.1, 0.15) is 12.7 Å². The summed E-state index contributed by atoms with van der Waals surface area (Å²) in [6.07, 6.45) is 3.20. The van der Waals surface area contributed by atoms with Gasteiger partial charge in [0.25, 0.3) is 0 Å². The number of aliphatic hydroxyl groups is 1. The van der Waals surface area contributed by atoms with E-state index >= 15 is 0 Å². The van der Waals surface area contributed by atoms with Crippen molar-refractivity contribution in [3.8, 4) is 0 Å². The van der Waals surface area contributed by atoms with Gasteiger partial charge in [0.15, 0.2) is 0 Å². The van der Waals surface area contributed by atoms with E-state index in [0.29, 0.717) is 26.3 Å². The maximum atomic E-state index is 9.46. The topological polar surface area (TPSA) is 59.3 Å². The van der Waals surface area contributed by atoms with Crippen molar-refractivity contribution in [1.82, 2.24) is 14.9 Å². The summed E-state index contributed by atoms with van der Waals surface area (Å²) in [6.45, 7) is 4.11. The molecule has 1 atom stereocenters. The highest BCUT2D eigenvalue weighted by molar-refractivity contribution is 4.90. The van der Waals surface area contributed by atoms with E-state index in [1.165, 1.54) is 0 Å². The molecule has 5 heteroatoms. The predicted molar refractivity (Wildman–Crippen MR) is 57.4 cm³/mol. The second kappa shape index (κ2) is 6.55. The van der Waals surface area contributed by atoms with E-state index in [-0.39, 0.29) is 0 Å². The number of nitrogens with one attached hydrogen (secondary N) is 1. The Bertz CT molecular complexity index is 275. The smallest absolute Gasteiger partial charge is 0.122 e. The SMILES string of the molecule is CCOCC(O)CNCc1nccn1C. The molecule has 2 N–H and O–H groups in total. The van der Waals surface area contributed by atoms with E-state index in [0.717, 1.165) is 5.82 Å². The van der Waals surface area contributed by atoms with E-state index in [1.807, 2.05) is 24.7 Å². The molecule has 0 fully saturated rings. The first-order valence-corrected chi connectivity index (χ1v) is 5.16. The highest BCUT2D eigenvalue weighted by atomic mass is 16.5. The summed E-state index contributed by atoms with van der Waals surface area (Å²) in [4.78, 5) is 4.16. The van der Waals surface area contributed by atoms with E-state index in [9.17, 15) is 5.11 Å². The van der Waals surface area contributed by atoms with Gasteiger partial charge in [0, 0.05) is 32.6 Å². The van der Waals surface area contributed by atoms with Crippen LogP contribution in [0.15, 0.2) is 12.4 Å². The lowest BCUT2D eigenvalue weighted by atomic mass is 10.4. The standard InChI is InChI=1S/C10H19N3O2/c1-3-15-8-9(14)6-11-7-10-12-4-5-13(10)2/h4-5,9,11,14H,3,6-8H2,1-2H3. The van der Waals surface area contributed by atoms with E-state index in [1.54, 1.807) is 6.20 Å². The molecule has 0 saturated carbocycles. The minimum Gasteiger partial charge on any atom is -0.389 e. The lowest BCUT2D eigenvalue weighted by molar-refractivity contribution is 0.0426. The Morgan fingerprint density at radius 3 is 3.07 bits per heavy atom. The number of ether oxygens (including phenoxy) is 1. The lowest BCUT2D eigenvalue weighted by Crippen LogP contribution is -2.30. The van der Waals surface area contributed by atoms with Crippen molar-refractivity contribution in [2.75, 3.05) is 19.8 Å². The van der Waals surface area contributed by atoms with Crippen molar-refractivity contribution in [2.24, 2.45) is 7.05 Å². The summed E-state index contributed by atoms with van der Waals surface area (Å²) < 4.78 is 7.04. The zero-order valence-corrected chi connectivity index (χ0v) is 9.31. The molecule has 1 heterocycles. The van der Waals surface area contributed by atoms with Gasteiger partial charge in [0.1, 0.15) is 5.82 Å². The lowest BCUT2D eigenvalue weighted by Gasteiger charge is -2.11. The highest BCUT2D eigenvalue weighted by Crippen LogP contribution is 1.93. The fourth-order valence-electron chi connectivity index (χ4n) is 1.23. The summed E-state index contributed by atoms with van der Waals surface area (Å²) in [5.41, 5.74) is 0. The van der Waals surface area contributed by atoms with Crippen molar-refractivity contribution in [2.45, 2.75) is 19.6 Å². The van der Waals surface area contributed by atoms with Gasteiger partial charge in [0.2, 0.25) is 0 Å². The molecule has 0 bridgehead atoms. The Labute approximate surface area is 90.1 Å². The number of nitrogens with zero attached hydrogens (tertiary/aromatic N) is 2. The van der Waals surface area contributed by atoms with Crippen molar-refractivity contribution < 1.29 is 9.84 Å². The molecule has 1 unspecified atom stereocenters. The zero-order valence-electron chi connectivity index (χ0n) is 9.31. The molecular formula is C10H19N3O2. The molecule has 1 aromatic rings. The average molecular weight is 213 g/mol. The first kappa shape index (κ1) is 12.2. The van der Waals surface area contributed by atoms with Crippen LogP contribution in [-0.2, 0) is 18.3 Å². The van der Waals surface area contributed by atoms with Gasteiger partial charge >= 0.3 is 0 Å². The van der Waals surface area contributed by atoms with Gasteiger partial charge in [-0.3, -0.25) is 0 Å². The second-order valence-corrected chi connectivity index (χ2v) is 3.40. The Kier molecular flexibility index (Phi) is 5.31. The van der Waals surface area contributed by atoms with Crippen LogP contribution in [-0.4, -0.2) is 40.5 Å². The molecule has 0 aliphatic heterocycles. The van der Waals surface area contributed by atoms with Crippen molar-refractivity contribution >= 4 is 0 Å². The minimum absolute atomic E-state index is 0.379. The van der Waals surface area contributed by atoms with Gasteiger partial charge in [-0.2, -0.15) is 0 Å². The van der Waals surface area contributed by atoms with Gasteiger partial charge in [-0.25, -0.2) is 4.98 Å². The number of aliphatic hydroxyl groups excluding tert-OH is 1. The van der Waals surface area contributed by atoms with Crippen molar-refractivity contribution in [3.05, 3.63) is 18.2 Å². The van der Waals surface area contributed by atoms with Gasteiger partial charge in [0.05, 0.1) is 19.3 Å². The van der Waals surface area contributed by atoms with E-state index < -0.39 is 6.10 Å². The van der Waals surface area contributed by atoms with E-state index in [2.05, 4.69) is 10.3 Å². The molecule has 15 heavy (non-hydrogen) atoms. The molecule has 0 aromatic carbocycles. The maximum absolute atomic E-state index is 9.46. The number of aryl methyl sites for hydroxylation is 1. The Morgan fingerprint density at radius 2 is 2.47 bits per heavy atom. The Morgan fingerprint density at radius 1 is 1.67 bits per heavy atom. The van der Waals surface area contributed by atoms with Crippen LogP contribution in [0.5, 0.6) is 0 Å². The van der Waals surface area contributed by atoms with Crippen LogP contribution < -0.4 is 5.32 Å². The molecule has 0 aliphatic carbocycles. The van der Waals surface area contributed by atoms with Crippen molar-refractivity contribution in [3.63, 3.8) is 0 Å². The average Bonchev–Trinajstić information content (AvgIpc) is 2.61. The van der Waals surface area contributed by atoms with Crippen LogP contribution >= 0.6 is 0 Å². The fourth-order valence-corrected chi connectivity index (χ4v) is 1.23. The molecule has 1 rings (SSSR count). The summed E-state index contributed by atoms with van der Waals surface area (Å²) in [6, 6.07) is 0. The van der Waals surface area contributed by atoms with Crippen molar-refractivity contribution in [1.29, 1.82) is 0 Å². The third kappa shape index (κ3) is 4.42. The maximum Gasteiger partial charge on any atom is 0.122 e. The molecule has 0 spiro atoms. The predicted octanol–water partition coefficient (Wildman–Crippen LogP) is -0.0929. The largest absolute Gasteiger partial charge is 0.389 e. The molecule has 0 saturated heterocycles. The third-order valence-electron chi connectivity index (χ3n) is 2.10. The van der Waals surface area contributed by atoms with Crippen LogP contribution in [0.4, 0.5) is 0 Å².